The number of hydrogen-bond acceptors (Lipinski definition) is 2. The Hall–Kier alpha value is 0.240. The van der Waals surface area contributed by atoms with Gasteiger partial charge in [0.2, 0.25) is 0 Å². The predicted molar refractivity (Wildman–Crippen MR) is 44.7 cm³/mol. The van der Waals surface area contributed by atoms with Crippen molar-refractivity contribution in [3.05, 3.63) is 0 Å². The third-order valence-corrected chi connectivity index (χ3v) is 2.68. The Kier molecular flexibility index (Phi) is 4.29. The van der Waals surface area contributed by atoms with Crippen LogP contribution in [0.1, 0.15) is 13.8 Å². The van der Waals surface area contributed by atoms with Gasteiger partial charge in [0.25, 0.3) is 0 Å². The second kappa shape index (κ2) is 4.19. The lowest BCUT2D eigenvalue weighted by atomic mass is 10.2. The fraction of sp³-hybridized carbons (Fsp3) is 0.833. The van der Waals surface area contributed by atoms with Crippen LogP contribution in [0.4, 0.5) is 0 Å². The van der Waals surface area contributed by atoms with E-state index in [4.69, 9.17) is 16.3 Å². The molecule has 0 heterocycles. The quantitative estimate of drug-likeness (QED) is 0.546. The highest BCUT2D eigenvalue weighted by molar-refractivity contribution is 9.09. The Morgan fingerprint density at radius 2 is 2.30 bits per heavy atom. The van der Waals surface area contributed by atoms with Crippen LogP contribution in [-0.2, 0) is 9.53 Å². The van der Waals surface area contributed by atoms with Crippen molar-refractivity contribution in [2.45, 2.75) is 18.7 Å². The average molecular weight is 230 g/mol. The zero-order chi connectivity index (χ0) is 8.20. The molecule has 0 aliphatic carbocycles. The van der Waals surface area contributed by atoms with Gasteiger partial charge in [-0.05, 0) is 13.8 Å². The van der Waals surface area contributed by atoms with Crippen LogP contribution in [-0.4, -0.2) is 22.8 Å². The molecule has 0 aromatic carbocycles. The molecule has 0 fully saturated rings. The molecule has 2 nitrogen and oxygen atoms in total. The van der Waals surface area contributed by atoms with Crippen molar-refractivity contribution in [1.29, 1.82) is 0 Å². The zero-order valence-electron chi connectivity index (χ0n) is 5.99. The number of alkyl halides is 2. The molecule has 60 valence electrons. The fourth-order valence-electron chi connectivity index (χ4n) is 0.336. The molecule has 0 aliphatic heterocycles. The molecule has 1 unspecified atom stereocenters. The minimum absolute atomic E-state index is 0.369. The number of ether oxygens (including phenoxy) is 1. The molecular formula is C6H10BrClO2. The maximum Gasteiger partial charge on any atom is 0.327 e. The van der Waals surface area contributed by atoms with Crippen molar-refractivity contribution in [3.8, 4) is 0 Å². The molecule has 0 aromatic heterocycles. The molecule has 0 N–H and O–H groups in total. The van der Waals surface area contributed by atoms with E-state index in [0.29, 0.717) is 11.9 Å². The van der Waals surface area contributed by atoms with Crippen LogP contribution >= 0.6 is 27.5 Å². The van der Waals surface area contributed by atoms with E-state index in [9.17, 15) is 4.79 Å². The summed E-state index contributed by atoms with van der Waals surface area (Å²) in [7, 11) is 0. The van der Waals surface area contributed by atoms with Crippen molar-refractivity contribution >= 4 is 33.5 Å². The van der Waals surface area contributed by atoms with Crippen molar-refractivity contribution in [2.24, 2.45) is 0 Å². The van der Waals surface area contributed by atoms with Crippen LogP contribution in [0.3, 0.4) is 0 Å². The molecule has 0 aliphatic rings. The van der Waals surface area contributed by atoms with Crippen molar-refractivity contribution < 1.29 is 9.53 Å². The number of hydrogen-bond donors (Lipinski definition) is 0. The van der Waals surface area contributed by atoms with E-state index in [1.165, 1.54) is 0 Å². The minimum atomic E-state index is -0.921. The van der Waals surface area contributed by atoms with Gasteiger partial charge in [0, 0.05) is 5.33 Å². The smallest absolute Gasteiger partial charge is 0.327 e. The second-order valence-electron chi connectivity index (χ2n) is 2.05. The Labute approximate surface area is 74.0 Å². The third kappa shape index (κ3) is 2.88. The van der Waals surface area contributed by atoms with Gasteiger partial charge >= 0.3 is 5.97 Å². The van der Waals surface area contributed by atoms with Crippen molar-refractivity contribution in [2.75, 3.05) is 11.9 Å². The highest BCUT2D eigenvalue weighted by atomic mass is 79.9. The van der Waals surface area contributed by atoms with Gasteiger partial charge in [0.05, 0.1) is 6.61 Å². The van der Waals surface area contributed by atoms with E-state index in [-0.39, 0.29) is 5.97 Å². The van der Waals surface area contributed by atoms with Gasteiger partial charge in [0.15, 0.2) is 0 Å². The van der Waals surface area contributed by atoms with Crippen molar-refractivity contribution in [1.82, 2.24) is 0 Å². The molecular weight excluding hydrogens is 219 g/mol. The topological polar surface area (TPSA) is 26.3 Å². The highest BCUT2D eigenvalue weighted by Crippen LogP contribution is 2.18. The van der Waals surface area contributed by atoms with Crippen LogP contribution in [0.15, 0.2) is 0 Å². The highest BCUT2D eigenvalue weighted by Gasteiger charge is 2.30. The first-order chi connectivity index (χ1) is 4.54. The lowest BCUT2D eigenvalue weighted by molar-refractivity contribution is -0.145. The summed E-state index contributed by atoms with van der Waals surface area (Å²) in [5, 5.41) is 0.403. The normalized spacial score (nSPS) is 16.0. The number of esters is 1. The van der Waals surface area contributed by atoms with Crippen LogP contribution < -0.4 is 0 Å². The van der Waals surface area contributed by atoms with Crippen LogP contribution in [0, 0.1) is 0 Å². The average Bonchev–Trinajstić information content (AvgIpc) is 1.89. The van der Waals surface area contributed by atoms with E-state index in [2.05, 4.69) is 15.9 Å². The summed E-state index contributed by atoms with van der Waals surface area (Å²) in [6, 6.07) is 0. The van der Waals surface area contributed by atoms with E-state index in [1.54, 1.807) is 13.8 Å². The summed E-state index contributed by atoms with van der Waals surface area (Å²) < 4.78 is 4.70. The number of carbonyl (C=O) groups is 1. The van der Waals surface area contributed by atoms with Crippen LogP contribution in [0.2, 0.25) is 0 Å². The van der Waals surface area contributed by atoms with E-state index < -0.39 is 4.87 Å². The van der Waals surface area contributed by atoms with Crippen LogP contribution in [0.25, 0.3) is 0 Å². The van der Waals surface area contributed by atoms with Gasteiger partial charge < -0.3 is 4.74 Å². The Bertz CT molecular complexity index is 125. The SMILES string of the molecule is CCOC(=O)C(C)(Cl)CBr. The van der Waals surface area contributed by atoms with E-state index >= 15 is 0 Å². The van der Waals surface area contributed by atoms with Gasteiger partial charge in [-0.2, -0.15) is 0 Å². The molecule has 0 amide bonds. The number of rotatable bonds is 3. The monoisotopic (exact) mass is 228 g/mol. The molecule has 0 aromatic rings. The standard InChI is InChI=1S/C6H10BrClO2/c1-3-10-5(9)6(2,8)4-7/h3-4H2,1-2H3. The molecule has 4 heteroatoms. The minimum Gasteiger partial charge on any atom is -0.465 e. The van der Waals surface area contributed by atoms with Gasteiger partial charge in [-0.1, -0.05) is 15.9 Å². The first kappa shape index (κ1) is 10.2. The first-order valence-electron chi connectivity index (χ1n) is 2.96. The molecule has 0 bridgehead atoms. The van der Waals surface area contributed by atoms with E-state index in [1.807, 2.05) is 0 Å². The summed E-state index contributed by atoms with van der Waals surface area (Å²) in [5.74, 6) is -0.381. The zero-order valence-corrected chi connectivity index (χ0v) is 8.33. The van der Waals surface area contributed by atoms with Gasteiger partial charge in [-0.15, -0.1) is 11.6 Å². The lowest BCUT2D eigenvalue weighted by Crippen LogP contribution is -2.32. The summed E-state index contributed by atoms with van der Waals surface area (Å²) >= 11 is 8.84. The molecule has 0 saturated carbocycles. The Morgan fingerprint density at radius 1 is 1.80 bits per heavy atom. The van der Waals surface area contributed by atoms with Gasteiger partial charge in [0.1, 0.15) is 4.87 Å². The molecule has 0 saturated heterocycles. The fourth-order valence-corrected chi connectivity index (χ4v) is 0.620. The van der Waals surface area contributed by atoms with Crippen LogP contribution in [0.5, 0.6) is 0 Å². The maximum atomic E-state index is 10.9. The van der Waals surface area contributed by atoms with Gasteiger partial charge in [-0.3, -0.25) is 4.79 Å². The second-order valence-corrected chi connectivity index (χ2v) is 3.45. The summed E-state index contributed by atoms with van der Waals surface area (Å²) in [5.41, 5.74) is 0. The molecule has 0 rings (SSSR count). The lowest BCUT2D eigenvalue weighted by Gasteiger charge is -2.15. The molecule has 0 radical (unpaired) electrons. The third-order valence-electron chi connectivity index (χ3n) is 0.952. The molecule has 1 atom stereocenters. The predicted octanol–water partition coefficient (Wildman–Crippen LogP) is 1.94. The number of halogens is 2. The van der Waals surface area contributed by atoms with Gasteiger partial charge in [-0.25, -0.2) is 0 Å². The Morgan fingerprint density at radius 3 is 2.60 bits per heavy atom. The first-order valence-corrected chi connectivity index (χ1v) is 4.46. The maximum absolute atomic E-state index is 10.9. The van der Waals surface area contributed by atoms with Crippen molar-refractivity contribution in [3.63, 3.8) is 0 Å². The van der Waals surface area contributed by atoms with E-state index in [0.717, 1.165) is 0 Å². The summed E-state index contributed by atoms with van der Waals surface area (Å²) in [6.07, 6.45) is 0. The number of carbonyl (C=O) groups excluding carboxylic acids is 1. The largest absolute Gasteiger partial charge is 0.465 e. The molecule has 0 spiro atoms. The summed E-state index contributed by atoms with van der Waals surface area (Å²) in [6.45, 7) is 3.73. The molecule has 10 heavy (non-hydrogen) atoms. The summed E-state index contributed by atoms with van der Waals surface area (Å²) in [4.78, 5) is 9.99. The Balaban J connectivity index is 3.91.